The predicted octanol–water partition coefficient (Wildman–Crippen LogP) is 3.81. The number of hydrogen-bond acceptors (Lipinski definition) is 4. The summed E-state index contributed by atoms with van der Waals surface area (Å²) in [5.74, 6) is 0.975. The van der Waals surface area contributed by atoms with Gasteiger partial charge in [-0.2, -0.15) is 0 Å². The second-order valence-corrected chi connectivity index (χ2v) is 9.34. The first kappa shape index (κ1) is 22.3. The number of amides is 1. The molecule has 2 bridgehead atoms. The van der Waals surface area contributed by atoms with E-state index in [-0.39, 0.29) is 24.8 Å². The van der Waals surface area contributed by atoms with Crippen molar-refractivity contribution < 1.29 is 4.79 Å². The minimum Gasteiger partial charge on any atom is -0.340 e. The summed E-state index contributed by atoms with van der Waals surface area (Å²) in [5.41, 5.74) is 0. The number of piperazine rings is 1. The van der Waals surface area contributed by atoms with Gasteiger partial charge >= 0.3 is 0 Å². The lowest BCUT2D eigenvalue weighted by atomic mass is 9.89. The van der Waals surface area contributed by atoms with E-state index < -0.39 is 0 Å². The molecule has 1 aromatic heterocycles. The minimum atomic E-state index is 0. The molecule has 3 fully saturated rings. The van der Waals surface area contributed by atoms with E-state index in [2.05, 4.69) is 21.2 Å². The maximum absolute atomic E-state index is 12.6. The van der Waals surface area contributed by atoms with Gasteiger partial charge in [0.25, 0.3) is 0 Å². The lowest BCUT2D eigenvalue weighted by Crippen LogP contribution is -2.49. The lowest BCUT2D eigenvalue weighted by molar-refractivity contribution is -0.134. The van der Waals surface area contributed by atoms with Gasteiger partial charge in [-0.05, 0) is 43.7 Å². The van der Waals surface area contributed by atoms with Gasteiger partial charge in [0.1, 0.15) is 0 Å². The van der Waals surface area contributed by atoms with Gasteiger partial charge in [-0.1, -0.05) is 11.6 Å². The van der Waals surface area contributed by atoms with Gasteiger partial charge in [0, 0.05) is 56.1 Å². The summed E-state index contributed by atoms with van der Waals surface area (Å²) in [6.07, 6.45) is 5.76. The molecule has 3 aliphatic rings. The summed E-state index contributed by atoms with van der Waals surface area (Å²) in [4.78, 5) is 18.5. The summed E-state index contributed by atoms with van der Waals surface area (Å²) in [6, 6.07) is 5.43. The molecule has 4 rings (SSSR count). The van der Waals surface area contributed by atoms with Crippen molar-refractivity contribution in [1.29, 1.82) is 0 Å². The van der Waals surface area contributed by atoms with Crippen molar-refractivity contribution in [2.24, 2.45) is 5.92 Å². The molecule has 26 heavy (non-hydrogen) atoms. The Balaban J connectivity index is 0.00000121. The molecular weight excluding hydrogens is 413 g/mol. The van der Waals surface area contributed by atoms with Crippen molar-refractivity contribution >= 4 is 53.7 Å². The van der Waals surface area contributed by atoms with E-state index in [1.54, 1.807) is 11.3 Å². The number of carbonyl (C=O) groups excluding carboxylic acids is 1. The summed E-state index contributed by atoms with van der Waals surface area (Å²) in [7, 11) is 0. The van der Waals surface area contributed by atoms with Gasteiger partial charge in [-0.15, -0.1) is 36.2 Å². The molecule has 0 spiro atoms. The average Bonchev–Trinajstić information content (AvgIpc) is 3.13. The molecule has 1 N–H and O–H groups in total. The van der Waals surface area contributed by atoms with Crippen LogP contribution < -0.4 is 5.32 Å². The topological polar surface area (TPSA) is 35.6 Å². The van der Waals surface area contributed by atoms with Crippen LogP contribution >= 0.6 is 47.8 Å². The number of hydrogen-bond donors (Lipinski definition) is 1. The fraction of sp³-hybridized carbons (Fsp3) is 0.722. The molecule has 3 aliphatic heterocycles. The highest BCUT2D eigenvalue weighted by atomic mass is 35.5. The molecule has 4 nitrogen and oxygen atoms in total. The average molecular weight is 441 g/mol. The predicted molar refractivity (Wildman–Crippen MR) is 113 cm³/mol. The number of rotatable bonds is 4. The Morgan fingerprint density at radius 1 is 1.12 bits per heavy atom. The number of carbonyl (C=O) groups is 1. The smallest absolute Gasteiger partial charge is 0.222 e. The maximum Gasteiger partial charge on any atom is 0.222 e. The van der Waals surface area contributed by atoms with Crippen molar-refractivity contribution in [3.8, 4) is 0 Å². The Bertz CT molecular complexity index is 580. The maximum atomic E-state index is 12.6. The molecule has 8 heteroatoms. The summed E-state index contributed by atoms with van der Waals surface area (Å²) >= 11 is 7.66. The van der Waals surface area contributed by atoms with Gasteiger partial charge in [0.05, 0.1) is 4.34 Å². The third kappa shape index (κ3) is 5.49. The molecule has 2 atom stereocenters. The molecule has 0 aromatic carbocycles. The number of halogens is 3. The second-order valence-electron chi connectivity index (χ2n) is 7.54. The first-order valence-corrected chi connectivity index (χ1v) is 10.4. The molecule has 0 saturated carbocycles. The van der Waals surface area contributed by atoms with E-state index in [1.807, 2.05) is 6.07 Å². The minimum absolute atomic E-state index is 0. The van der Waals surface area contributed by atoms with Crippen molar-refractivity contribution in [2.75, 3.05) is 26.2 Å². The van der Waals surface area contributed by atoms with Crippen LogP contribution in [0.5, 0.6) is 0 Å². The molecule has 0 radical (unpaired) electrons. The molecule has 3 saturated heterocycles. The van der Waals surface area contributed by atoms with Crippen LogP contribution in [0.1, 0.15) is 37.0 Å². The van der Waals surface area contributed by atoms with Crippen LogP contribution in [0, 0.1) is 5.92 Å². The largest absolute Gasteiger partial charge is 0.340 e. The Morgan fingerprint density at radius 3 is 2.35 bits per heavy atom. The van der Waals surface area contributed by atoms with Gasteiger partial charge in [0.2, 0.25) is 5.91 Å². The number of nitrogens with one attached hydrogen (secondary N) is 1. The number of piperidine rings is 1. The van der Waals surface area contributed by atoms with Crippen LogP contribution in [0.15, 0.2) is 12.1 Å². The Hall–Kier alpha value is -0.0400. The van der Waals surface area contributed by atoms with Crippen LogP contribution in [-0.4, -0.2) is 54.0 Å². The molecule has 2 unspecified atom stereocenters. The SMILES string of the molecule is Cl.Cl.O=C(CC1CC2CCC(C1)N2)N1CCN(Cc2ccc(Cl)s2)CC1. The zero-order chi connectivity index (χ0) is 16.5. The zero-order valence-corrected chi connectivity index (χ0v) is 18.1. The fourth-order valence-corrected chi connectivity index (χ4v) is 5.66. The van der Waals surface area contributed by atoms with E-state index >= 15 is 0 Å². The summed E-state index contributed by atoms with van der Waals surface area (Å²) in [5, 5.41) is 3.66. The Morgan fingerprint density at radius 2 is 1.77 bits per heavy atom. The quantitative estimate of drug-likeness (QED) is 0.773. The van der Waals surface area contributed by atoms with Crippen LogP contribution in [0.3, 0.4) is 0 Å². The van der Waals surface area contributed by atoms with Crippen LogP contribution in [0.25, 0.3) is 0 Å². The van der Waals surface area contributed by atoms with Gasteiger partial charge in [-0.3, -0.25) is 9.69 Å². The highest BCUT2D eigenvalue weighted by molar-refractivity contribution is 7.16. The molecule has 1 aromatic rings. The third-order valence-electron chi connectivity index (χ3n) is 5.77. The molecular formula is C18H28Cl3N3OS. The fourth-order valence-electron chi connectivity index (χ4n) is 4.53. The van der Waals surface area contributed by atoms with Crippen molar-refractivity contribution in [2.45, 2.75) is 50.7 Å². The first-order valence-electron chi connectivity index (χ1n) is 9.16. The molecule has 4 heterocycles. The van der Waals surface area contributed by atoms with Crippen LogP contribution in [-0.2, 0) is 11.3 Å². The zero-order valence-electron chi connectivity index (χ0n) is 14.9. The number of fused-ring (bicyclic) bond motifs is 2. The third-order valence-corrected chi connectivity index (χ3v) is 6.98. The highest BCUT2D eigenvalue weighted by Gasteiger charge is 2.35. The van der Waals surface area contributed by atoms with Crippen LogP contribution in [0.4, 0.5) is 0 Å². The summed E-state index contributed by atoms with van der Waals surface area (Å²) < 4.78 is 0.856. The normalized spacial score (nSPS) is 28.3. The standard InChI is InChI=1S/C18H26ClN3OS.2ClH/c19-17-4-3-16(24-17)12-21-5-7-22(8-6-21)18(23)11-13-9-14-1-2-15(10-13)20-14;;/h3-4,13-15,20H,1-2,5-12H2;2*1H. The first-order chi connectivity index (χ1) is 11.7. The molecule has 1 amide bonds. The van der Waals surface area contributed by atoms with Gasteiger partial charge in [0.15, 0.2) is 0 Å². The molecule has 0 aliphatic carbocycles. The van der Waals surface area contributed by atoms with E-state index in [4.69, 9.17) is 11.6 Å². The Kier molecular flexibility index (Phi) is 8.51. The monoisotopic (exact) mass is 439 g/mol. The van der Waals surface area contributed by atoms with E-state index in [1.165, 1.54) is 30.6 Å². The van der Waals surface area contributed by atoms with Crippen molar-refractivity contribution in [3.05, 3.63) is 21.3 Å². The van der Waals surface area contributed by atoms with Crippen LogP contribution in [0.2, 0.25) is 4.34 Å². The summed E-state index contributed by atoms with van der Waals surface area (Å²) in [6.45, 7) is 4.64. The van der Waals surface area contributed by atoms with E-state index in [0.717, 1.165) is 43.5 Å². The Labute approximate surface area is 177 Å². The highest BCUT2D eigenvalue weighted by Crippen LogP contribution is 2.33. The van der Waals surface area contributed by atoms with E-state index in [9.17, 15) is 4.79 Å². The van der Waals surface area contributed by atoms with Gasteiger partial charge < -0.3 is 10.2 Å². The lowest BCUT2D eigenvalue weighted by Gasteiger charge is -2.36. The van der Waals surface area contributed by atoms with Crippen molar-refractivity contribution in [3.63, 3.8) is 0 Å². The second kappa shape index (κ2) is 9.94. The molecule has 148 valence electrons. The number of nitrogens with zero attached hydrogens (tertiary/aromatic N) is 2. The van der Waals surface area contributed by atoms with E-state index in [0.29, 0.717) is 23.9 Å². The van der Waals surface area contributed by atoms with Gasteiger partial charge in [-0.25, -0.2) is 0 Å². The van der Waals surface area contributed by atoms with Crippen molar-refractivity contribution in [1.82, 2.24) is 15.1 Å². The number of thiophene rings is 1.